The number of benzene rings is 9. The predicted molar refractivity (Wildman–Crippen MR) is 218 cm³/mol. The van der Waals surface area contributed by atoms with Gasteiger partial charge in [-0.25, -0.2) is 0 Å². The molecule has 2 nitrogen and oxygen atoms in total. The number of rotatable bonds is 4. The van der Waals surface area contributed by atoms with Crippen LogP contribution in [0.25, 0.3) is 110 Å². The van der Waals surface area contributed by atoms with Gasteiger partial charge in [0, 0.05) is 27.3 Å². The van der Waals surface area contributed by atoms with Crippen molar-refractivity contribution in [3.63, 3.8) is 0 Å². The van der Waals surface area contributed by atoms with Crippen molar-refractivity contribution in [2.45, 2.75) is 0 Å². The van der Waals surface area contributed by atoms with Gasteiger partial charge in [0.25, 0.3) is 0 Å². The maximum absolute atomic E-state index is 6.80. The summed E-state index contributed by atoms with van der Waals surface area (Å²) in [5.41, 5.74) is 10.5. The van der Waals surface area contributed by atoms with E-state index < -0.39 is 0 Å². The van der Waals surface area contributed by atoms with Gasteiger partial charge in [-0.05, 0) is 90.5 Å². The summed E-state index contributed by atoms with van der Waals surface area (Å²) in [5, 5.41) is 10.6. The Morgan fingerprint density at radius 1 is 0.269 bits per heavy atom. The van der Waals surface area contributed by atoms with Crippen molar-refractivity contribution in [1.82, 2.24) is 0 Å². The summed E-state index contributed by atoms with van der Waals surface area (Å²) in [5.74, 6) is 0.847. The average molecular weight is 663 g/mol. The first-order chi connectivity index (χ1) is 25.8. The molecule has 0 radical (unpaired) electrons. The van der Waals surface area contributed by atoms with Crippen LogP contribution in [0, 0.1) is 0 Å². The monoisotopic (exact) mass is 662 g/mol. The number of hydrogen-bond acceptors (Lipinski definition) is 2. The minimum Gasteiger partial charge on any atom is -0.452 e. The molecular formula is C50H30O2. The van der Waals surface area contributed by atoms with Gasteiger partial charge in [0.1, 0.15) is 11.3 Å². The van der Waals surface area contributed by atoms with Crippen molar-refractivity contribution in [3.05, 3.63) is 182 Å². The van der Waals surface area contributed by atoms with Crippen molar-refractivity contribution in [2.24, 2.45) is 0 Å². The van der Waals surface area contributed by atoms with Crippen LogP contribution in [-0.4, -0.2) is 0 Å². The van der Waals surface area contributed by atoms with E-state index in [1.807, 2.05) is 12.1 Å². The Kier molecular flexibility index (Phi) is 6.28. The highest BCUT2D eigenvalue weighted by molar-refractivity contribution is 6.23. The molecule has 52 heavy (non-hydrogen) atoms. The third kappa shape index (κ3) is 4.31. The smallest absolute Gasteiger partial charge is 0.178 e. The van der Waals surface area contributed by atoms with E-state index in [2.05, 4.69) is 170 Å². The van der Waals surface area contributed by atoms with E-state index in [-0.39, 0.29) is 0 Å². The first-order valence-electron chi connectivity index (χ1n) is 17.8. The van der Waals surface area contributed by atoms with Gasteiger partial charge in [-0.1, -0.05) is 152 Å². The lowest BCUT2D eigenvalue weighted by Gasteiger charge is -2.18. The van der Waals surface area contributed by atoms with Gasteiger partial charge < -0.3 is 8.83 Å². The van der Waals surface area contributed by atoms with Crippen molar-refractivity contribution in [3.8, 4) is 44.7 Å². The summed E-state index contributed by atoms with van der Waals surface area (Å²) in [4.78, 5) is 0. The molecule has 0 aliphatic heterocycles. The van der Waals surface area contributed by atoms with Crippen LogP contribution in [0.1, 0.15) is 0 Å². The molecule has 0 unspecified atom stereocenters. The second-order valence-electron chi connectivity index (χ2n) is 13.6. The van der Waals surface area contributed by atoms with Crippen LogP contribution in [-0.2, 0) is 0 Å². The van der Waals surface area contributed by atoms with E-state index >= 15 is 0 Å². The summed E-state index contributed by atoms with van der Waals surface area (Å²) in [6.45, 7) is 0. The molecule has 0 aliphatic rings. The first kappa shape index (κ1) is 28.9. The summed E-state index contributed by atoms with van der Waals surface area (Å²) >= 11 is 0. The average Bonchev–Trinajstić information content (AvgIpc) is 3.79. The van der Waals surface area contributed by atoms with E-state index in [1.54, 1.807) is 0 Å². The van der Waals surface area contributed by atoms with Crippen molar-refractivity contribution >= 4 is 65.2 Å². The van der Waals surface area contributed by atoms with Crippen LogP contribution in [0.2, 0.25) is 0 Å². The second-order valence-corrected chi connectivity index (χ2v) is 13.6. The number of fused-ring (bicyclic) bond motifs is 8. The van der Waals surface area contributed by atoms with Gasteiger partial charge in [-0.2, -0.15) is 0 Å². The molecule has 0 fully saturated rings. The van der Waals surface area contributed by atoms with E-state index in [9.17, 15) is 0 Å². The van der Waals surface area contributed by atoms with E-state index in [0.717, 1.165) is 60.9 Å². The van der Waals surface area contributed by atoms with Crippen LogP contribution >= 0.6 is 0 Å². The summed E-state index contributed by atoms with van der Waals surface area (Å²) in [6, 6.07) is 65.0. The molecule has 11 aromatic rings. The van der Waals surface area contributed by atoms with Gasteiger partial charge in [-0.15, -0.1) is 0 Å². The molecule has 0 atom stereocenters. The van der Waals surface area contributed by atoms with Crippen molar-refractivity contribution < 1.29 is 8.83 Å². The normalized spacial score (nSPS) is 11.8. The van der Waals surface area contributed by atoms with Crippen LogP contribution in [0.3, 0.4) is 0 Å². The van der Waals surface area contributed by atoms with Gasteiger partial charge in [0.15, 0.2) is 11.2 Å². The molecule has 0 spiro atoms. The Labute approximate surface area is 299 Å². The highest BCUT2D eigenvalue weighted by Crippen LogP contribution is 2.47. The van der Waals surface area contributed by atoms with Crippen LogP contribution in [0.15, 0.2) is 191 Å². The lowest BCUT2D eigenvalue weighted by Crippen LogP contribution is -1.91. The summed E-state index contributed by atoms with van der Waals surface area (Å²) in [6.07, 6.45) is 0. The molecule has 0 N–H and O–H groups in total. The molecular weight excluding hydrogens is 633 g/mol. The van der Waals surface area contributed by atoms with E-state index in [1.165, 1.54) is 49.0 Å². The largest absolute Gasteiger partial charge is 0.452 e. The highest BCUT2D eigenvalue weighted by atomic mass is 16.4. The highest BCUT2D eigenvalue weighted by Gasteiger charge is 2.23. The lowest BCUT2D eigenvalue weighted by molar-refractivity contribution is 0.612. The molecule has 242 valence electrons. The minimum absolute atomic E-state index is 0.767. The fraction of sp³-hybridized carbons (Fsp3) is 0. The van der Waals surface area contributed by atoms with E-state index in [4.69, 9.17) is 8.83 Å². The number of hydrogen-bond donors (Lipinski definition) is 0. The molecule has 2 aromatic heterocycles. The minimum atomic E-state index is 0.767. The number of furan rings is 2. The fourth-order valence-corrected chi connectivity index (χ4v) is 8.32. The van der Waals surface area contributed by atoms with Gasteiger partial charge in [0.2, 0.25) is 0 Å². The predicted octanol–water partition coefficient (Wildman–Crippen LogP) is 14.5. The zero-order valence-electron chi connectivity index (χ0n) is 28.1. The fourth-order valence-electron chi connectivity index (χ4n) is 8.32. The molecule has 9 aromatic carbocycles. The van der Waals surface area contributed by atoms with Gasteiger partial charge >= 0.3 is 0 Å². The lowest BCUT2D eigenvalue weighted by atomic mass is 9.85. The third-order valence-corrected chi connectivity index (χ3v) is 10.7. The maximum atomic E-state index is 6.80. The van der Waals surface area contributed by atoms with Crippen molar-refractivity contribution in [1.29, 1.82) is 0 Å². The van der Waals surface area contributed by atoms with Gasteiger partial charge in [-0.3, -0.25) is 0 Å². The Hall–Kier alpha value is -6.90. The first-order valence-corrected chi connectivity index (χ1v) is 17.8. The molecule has 0 saturated heterocycles. The Balaban J connectivity index is 1.16. The summed E-state index contributed by atoms with van der Waals surface area (Å²) < 4.78 is 13.5. The zero-order chi connectivity index (χ0) is 34.2. The molecule has 0 saturated carbocycles. The summed E-state index contributed by atoms with van der Waals surface area (Å²) in [7, 11) is 0. The SMILES string of the molecule is c1ccc(-c2oc3c(ccc4c5cc(-c6c7ccccc7c(-c7ccc8ccccc8c7)c7ccccc67)ccc5oc43)c2-c2ccccc2)cc1. The Morgan fingerprint density at radius 2 is 0.788 bits per heavy atom. The zero-order valence-corrected chi connectivity index (χ0v) is 28.1. The molecule has 2 heteroatoms. The molecule has 0 amide bonds. The molecule has 2 heterocycles. The third-order valence-electron chi connectivity index (χ3n) is 10.7. The molecule has 0 bridgehead atoms. The second kappa shape index (κ2) is 11.3. The van der Waals surface area contributed by atoms with Crippen LogP contribution in [0.5, 0.6) is 0 Å². The Morgan fingerprint density at radius 3 is 1.46 bits per heavy atom. The van der Waals surface area contributed by atoms with Crippen LogP contribution < -0.4 is 0 Å². The van der Waals surface area contributed by atoms with E-state index in [0.29, 0.717) is 0 Å². The van der Waals surface area contributed by atoms with Crippen LogP contribution in [0.4, 0.5) is 0 Å². The maximum Gasteiger partial charge on any atom is 0.178 e. The molecule has 0 aliphatic carbocycles. The topological polar surface area (TPSA) is 26.3 Å². The Bertz CT molecular complexity index is 3110. The van der Waals surface area contributed by atoms with Gasteiger partial charge in [0.05, 0.1) is 0 Å². The quantitative estimate of drug-likeness (QED) is 0.175. The molecule has 11 rings (SSSR count). The van der Waals surface area contributed by atoms with Crippen molar-refractivity contribution in [2.75, 3.05) is 0 Å². The standard InChI is InChI=1S/C50H30O2/c1-3-14-32(15-4-1)47-42-27-26-41-43-30-36(25-28-44(43)51-49(41)50(42)52-48(47)33-16-5-2-6-17-33)46-39-21-11-9-19-37(39)45(38-20-10-12-22-40(38)46)35-24-23-31-13-7-8-18-34(31)29-35/h1-30H.